The summed E-state index contributed by atoms with van der Waals surface area (Å²) in [6.45, 7) is 2.33. The molecular formula is C18H13Cl2N3O. The first-order valence-corrected chi connectivity index (χ1v) is 8.06. The fourth-order valence-corrected chi connectivity index (χ4v) is 2.96. The number of imidazole rings is 1. The van der Waals surface area contributed by atoms with E-state index < -0.39 is 0 Å². The fraction of sp³-hybridized carbons (Fsp3) is 0.111. The smallest absolute Gasteiger partial charge is 0.156 e. The van der Waals surface area contributed by atoms with Crippen LogP contribution in [-0.4, -0.2) is 16.6 Å². The summed E-state index contributed by atoms with van der Waals surface area (Å²) in [6, 6.07) is 13.2. The lowest BCUT2D eigenvalue weighted by atomic mass is 10.1. The minimum Gasteiger partial charge on any atom is -0.491 e. The summed E-state index contributed by atoms with van der Waals surface area (Å²) in [7, 11) is 0. The number of nitrogens with one attached hydrogen (secondary N) is 1. The van der Waals surface area contributed by atoms with Gasteiger partial charge in [0.2, 0.25) is 0 Å². The standard InChI is InChI=1S/C18H13Cl2N3O/c1-2-24-17-13(19)8-11(9-14(17)20)7-12(10-21)18-22-15-5-3-4-6-16(15)23-18/h3-9H,2H2,1H3,(H,22,23)/b12-7+. The van der Waals surface area contributed by atoms with Crippen LogP contribution in [0.15, 0.2) is 36.4 Å². The van der Waals surface area contributed by atoms with Crippen molar-refractivity contribution in [3.63, 3.8) is 0 Å². The second kappa shape index (κ2) is 6.96. The van der Waals surface area contributed by atoms with Crippen molar-refractivity contribution in [3.8, 4) is 11.8 Å². The van der Waals surface area contributed by atoms with E-state index in [0.717, 1.165) is 11.0 Å². The summed E-state index contributed by atoms with van der Waals surface area (Å²) in [5, 5.41) is 10.3. The Morgan fingerprint density at radius 3 is 2.62 bits per heavy atom. The zero-order valence-corrected chi connectivity index (χ0v) is 14.3. The number of nitriles is 1. The van der Waals surface area contributed by atoms with Gasteiger partial charge in [-0.15, -0.1) is 0 Å². The molecule has 0 aliphatic carbocycles. The zero-order chi connectivity index (χ0) is 17.1. The van der Waals surface area contributed by atoms with Gasteiger partial charge in [-0.2, -0.15) is 5.26 Å². The number of allylic oxidation sites excluding steroid dienone is 1. The van der Waals surface area contributed by atoms with Crippen LogP contribution in [0.4, 0.5) is 0 Å². The lowest BCUT2D eigenvalue weighted by molar-refractivity contribution is 0.340. The monoisotopic (exact) mass is 357 g/mol. The average Bonchev–Trinajstić information content (AvgIpc) is 2.99. The van der Waals surface area contributed by atoms with Crippen molar-refractivity contribution in [2.75, 3.05) is 6.61 Å². The quantitative estimate of drug-likeness (QED) is 0.641. The van der Waals surface area contributed by atoms with Gasteiger partial charge in [-0.25, -0.2) is 4.98 Å². The van der Waals surface area contributed by atoms with Crippen molar-refractivity contribution in [3.05, 3.63) is 57.8 Å². The number of aromatic amines is 1. The van der Waals surface area contributed by atoms with Crippen LogP contribution in [0.25, 0.3) is 22.7 Å². The topological polar surface area (TPSA) is 61.7 Å². The van der Waals surface area contributed by atoms with E-state index in [1.807, 2.05) is 31.2 Å². The van der Waals surface area contributed by atoms with Crippen molar-refractivity contribution in [2.24, 2.45) is 0 Å². The number of H-pyrrole nitrogens is 1. The highest BCUT2D eigenvalue weighted by Gasteiger charge is 2.11. The summed E-state index contributed by atoms with van der Waals surface area (Å²) in [5.41, 5.74) is 2.76. The Labute approximate surface area is 149 Å². The Bertz CT molecular complexity index is 914. The number of hydrogen-bond donors (Lipinski definition) is 1. The van der Waals surface area contributed by atoms with E-state index in [1.54, 1.807) is 18.2 Å². The summed E-state index contributed by atoms with van der Waals surface area (Å²) >= 11 is 12.4. The van der Waals surface area contributed by atoms with Crippen molar-refractivity contribution in [1.29, 1.82) is 5.26 Å². The first-order valence-electron chi connectivity index (χ1n) is 7.31. The molecule has 0 saturated heterocycles. The molecule has 1 heterocycles. The molecule has 0 amide bonds. The number of ether oxygens (including phenoxy) is 1. The molecule has 1 N–H and O–H groups in total. The molecule has 0 fully saturated rings. The van der Waals surface area contributed by atoms with Crippen LogP contribution in [0.3, 0.4) is 0 Å². The number of nitrogens with zero attached hydrogens (tertiary/aromatic N) is 2. The van der Waals surface area contributed by atoms with Gasteiger partial charge in [-0.05, 0) is 42.8 Å². The van der Waals surface area contributed by atoms with Crippen LogP contribution in [-0.2, 0) is 0 Å². The Kier molecular flexibility index (Phi) is 4.75. The van der Waals surface area contributed by atoms with Gasteiger partial charge in [0.1, 0.15) is 11.9 Å². The number of hydrogen-bond acceptors (Lipinski definition) is 3. The Morgan fingerprint density at radius 1 is 1.29 bits per heavy atom. The molecule has 120 valence electrons. The van der Waals surface area contributed by atoms with E-state index in [9.17, 15) is 5.26 Å². The number of rotatable bonds is 4. The molecule has 0 unspecified atom stereocenters. The molecule has 0 bridgehead atoms. The van der Waals surface area contributed by atoms with Crippen molar-refractivity contribution in [1.82, 2.24) is 9.97 Å². The number of aromatic nitrogens is 2. The third kappa shape index (κ3) is 3.23. The van der Waals surface area contributed by atoms with Crippen molar-refractivity contribution < 1.29 is 4.74 Å². The molecule has 2 aromatic carbocycles. The largest absolute Gasteiger partial charge is 0.491 e. The van der Waals surface area contributed by atoms with Crippen LogP contribution in [0.1, 0.15) is 18.3 Å². The maximum atomic E-state index is 9.47. The third-order valence-electron chi connectivity index (χ3n) is 3.39. The van der Waals surface area contributed by atoms with Crippen LogP contribution in [0.2, 0.25) is 10.0 Å². The molecule has 0 aliphatic heterocycles. The van der Waals surface area contributed by atoms with Gasteiger partial charge >= 0.3 is 0 Å². The molecule has 1 aromatic heterocycles. The average molecular weight is 358 g/mol. The van der Waals surface area contributed by atoms with Gasteiger partial charge in [0.25, 0.3) is 0 Å². The maximum Gasteiger partial charge on any atom is 0.156 e. The Hall–Kier alpha value is -2.48. The second-order valence-corrected chi connectivity index (χ2v) is 5.83. The molecule has 6 heteroatoms. The minimum atomic E-state index is 0.391. The minimum absolute atomic E-state index is 0.391. The highest BCUT2D eigenvalue weighted by Crippen LogP contribution is 2.35. The van der Waals surface area contributed by atoms with Crippen LogP contribution in [0, 0.1) is 11.3 Å². The molecule has 0 radical (unpaired) electrons. The van der Waals surface area contributed by atoms with E-state index in [2.05, 4.69) is 16.0 Å². The molecule has 0 atom stereocenters. The predicted octanol–water partition coefficient (Wildman–Crippen LogP) is 5.33. The van der Waals surface area contributed by atoms with E-state index in [-0.39, 0.29) is 0 Å². The first-order chi connectivity index (χ1) is 11.6. The number of halogens is 2. The number of fused-ring (bicyclic) bond motifs is 1. The van der Waals surface area contributed by atoms with Gasteiger partial charge in [0.05, 0.1) is 33.3 Å². The van der Waals surface area contributed by atoms with Crippen molar-refractivity contribution >= 4 is 45.9 Å². The van der Waals surface area contributed by atoms with E-state index >= 15 is 0 Å². The van der Waals surface area contributed by atoms with E-state index in [1.165, 1.54) is 0 Å². The lowest BCUT2D eigenvalue weighted by Gasteiger charge is -2.08. The lowest BCUT2D eigenvalue weighted by Crippen LogP contribution is -1.94. The summed E-state index contributed by atoms with van der Waals surface area (Å²) in [4.78, 5) is 7.57. The normalized spacial score (nSPS) is 11.5. The summed E-state index contributed by atoms with van der Waals surface area (Å²) in [5.74, 6) is 0.944. The molecule has 0 saturated carbocycles. The molecular weight excluding hydrogens is 345 g/mol. The van der Waals surface area contributed by atoms with E-state index in [0.29, 0.717) is 39.4 Å². The fourth-order valence-electron chi connectivity index (χ4n) is 2.35. The zero-order valence-electron chi connectivity index (χ0n) is 12.8. The van der Waals surface area contributed by atoms with Crippen LogP contribution in [0.5, 0.6) is 5.75 Å². The van der Waals surface area contributed by atoms with Gasteiger partial charge in [0.15, 0.2) is 5.75 Å². The molecule has 24 heavy (non-hydrogen) atoms. The second-order valence-electron chi connectivity index (χ2n) is 5.02. The molecule has 3 aromatic rings. The summed E-state index contributed by atoms with van der Waals surface area (Å²) < 4.78 is 5.41. The molecule has 4 nitrogen and oxygen atoms in total. The first kappa shape index (κ1) is 16.4. The third-order valence-corrected chi connectivity index (χ3v) is 3.95. The highest BCUT2D eigenvalue weighted by molar-refractivity contribution is 6.37. The molecule has 0 spiro atoms. The SMILES string of the molecule is CCOc1c(Cl)cc(/C=C(\C#N)c2nc3ccccc3[nH]2)cc1Cl. The van der Waals surface area contributed by atoms with Crippen LogP contribution < -0.4 is 4.74 Å². The predicted molar refractivity (Wildman–Crippen MR) is 97.2 cm³/mol. The summed E-state index contributed by atoms with van der Waals surface area (Å²) in [6.07, 6.45) is 1.69. The molecule has 0 aliphatic rings. The van der Waals surface area contributed by atoms with Crippen molar-refractivity contribution in [2.45, 2.75) is 6.92 Å². The van der Waals surface area contributed by atoms with Gasteiger partial charge in [-0.3, -0.25) is 0 Å². The van der Waals surface area contributed by atoms with Gasteiger partial charge < -0.3 is 9.72 Å². The molecule has 3 rings (SSSR count). The van der Waals surface area contributed by atoms with Gasteiger partial charge in [-0.1, -0.05) is 35.3 Å². The van der Waals surface area contributed by atoms with Gasteiger partial charge in [0, 0.05) is 0 Å². The maximum absolute atomic E-state index is 9.47. The van der Waals surface area contributed by atoms with Crippen LogP contribution >= 0.6 is 23.2 Å². The Balaban J connectivity index is 2.03. The highest BCUT2D eigenvalue weighted by atomic mass is 35.5. The number of para-hydroxylation sites is 2. The number of benzene rings is 2. The van der Waals surface area contributed by atoms with E-state index in [4.69, 9.17) is 27.9 Å². The Morgan fingerprint density at radius 2 is 2.00 bits per heavy atom.